The van der Waals surface area contributed by atoms with Gasteiger partial charge < -0.3 is 4.90 Å². The van der Waals surface area contributed by atoms with Crippen molar-refractivity contribution in [1.82, 2.24) is 4.90 Å². The van der Waals surface area contributed by atoms with E-state index in [2.05, 4.69) is 57.8 Å². The summed E-state index contributed by atoms with van der Waals surface area (Å²) in [5.41, 5.74) is 5.16. The standard InChI is InChI=1S/C19H22BrFN2/c1-14-3-4-15(2)19(11-14)23-9-7-22(8-10-23)13-16-5-6-18(21)17(20)12-16/h3-6,11-12H,7-10,13H2,1-2H3. The molecular formula is C19H22BrFN2. The Kier molecular flexibility index (Phi) is 5.02. The molecule has 0 amide bonds. The van der Waals surface area contributed by atoms with Gasteiger partial charge in [0.05, 0.1) is 4.47 Å². The fraction of sp³-hybridized carbons (Fsp3) is 0.368. The van der Waals surface area contributed by atoms with Crippen LogP contribution in [0.3, 0.4) is 0 Å². The Balaban J connectivity index is 1.62. The van der Waals surface area contributed by atoms with Crippen LogP contribution in [0.5, 0.6) is 0 Å². The van der Waals surface area contributed by atoms with Crippen molar-refractivity contribution in [2.45, 2.75) is 20.4 Å². The smallest absolute Gasteiger partial charge is 0.137 e. The molecule has 0 unspecified atom stereocenters. The van der Waals surface area contributed by atoms with Crippen molar-refractivity contribution in [3.8, 4) is 0 Å². The number of aryl methyl sites for hydroxylation is 2. The maximum absolute atomic E-state index is 13.3. The monoisotopic (exact) mass is 376 g/mol. The van der Waals surface area contributed by atoms with Crippen LogP contribution >= 0.6 is 15.9 Å². The Morgan fingerprint density at radius 3 is 2.43 bits per heavy atom. The molecule has 3 rings (SSSR count). The van der Waals surface area contributed by atoms with E-state index in [0.29, 0.717) is 4.47 Å². The van der Waals surface area contributed by atoms with Gasteiger partial charge in [-0.3, -0.25) is 4.90 Å². The van der Waals surface area contributed by atoms with Crippen molar-refractivity contribution in [3.63, 3.8) is 0 Å². The van der Waals surface area contributed by atoms with Gasteiger partial charge in [0.15, 0.2) is 0 Å². The van der Waals surface area contributed by atoms with E-state index in [1.54, 1.807) is 0 Å². The Hall–Kier alpha value is -1.39. The molecule has 1 heterocycles. The van der Waals surface area contributed by atoms with E-state index in [1.807, 2.05) is 12.1 Å². The summed E-state index contributed by atoms with van der Waals surface area (Å²) < 4.78 is 13.9. The van der Waals surface area contributed by atoms with Crippen LogP contribution in [0.1, 0.15) is 16.7 Å². The van der Waals surface area contributed by atoms with Gasteiger partial charge in [0.1, 0.15) is 5.82 Å². The number of benzene rings is 2. The number of piperazine rings is 1. The minimum absolute atomic E-state index is 0.200. The van der Waals surface area contributed by atoms with Crippen molar-refractivity contribution in [1.29, 1.82) is 0 Å². The predicted molar refractivity (Wildman–Crippen MR) is 97.5 cm³/mol. The molecule has 2 aromatic rings. The first-order valence-electron chi connectivity index (χ1n) is 8.01. The third-order valence-corrected chi connectivity index (χ3v) is 5.08. The van der Waals surface area contributed by atoms with Gasteiger partial charge in [-0.05, 0) is 64.7 Å². The second-order valence-electron chi connectivity index (χ2n) is 6.30. The van der Waals surface area contributed by atoms with Gasteiger partial charge in [-0.15, -0.1) is 0 Å². The van der Waals surface area contributed by atoms with Gasteiger partial charge in [-0.2, -0.15) is 0 Å². The highest BCUT2D eigenvalue weighted by atomic mass is 79.9. The van der Waals surface area contributed by atoms with Gasteiger partial charge in [0, 0.05) is 38.4 Å². The minimum atomic E-state index is -0.200. The Labute approximate surface area is 146 Å². The summed E-state index contributed by atoms with van der Waals surface area (Å²) in [6, 6.07) is 11.9. The second-order valence-corrected chi connectivity index (χ2v) is 7.16. The third kappa shape index (κ3) is 3.93. The van der Waals surface area contributed by atoms with Crippen LogP contribution in [-0.4, -0.2) is 31.1 Å². The average Bonchev–Trinajstić information content (AvgIpc) is 2.54. The number of hydrogen-bond donors (Lipinski definition) is 0. The molecule has 0 aliphatic carbocycles. The van der Waals surface area contributed by atoms with Gasteiger partial charge in [-0.1, -0.05) is 18.2 Å². The van der Waals surface area contributed by atoms with Crippen LogP contribution in [0.15, 0.2) is 40.9 Å². The molecule has 1 aliphatic heterocycles. The quantitative estimate of drug-likeness (QED) is 0.776. The molecule has 0 spiro atoms. The topological polar surface area (TPSA) is 6.48 Å². The lowest BCUT2D eigenvalue weighted by Gasteiger charge is -2.37. The largest absolute Gasteiger partial charge is 0.369 e. The molecule has 23 heavy (non-hydrogen) atoms. The highest BCUT2D eigenvalue weighted by Crippen LogP contribution is 2.24. The summed E-state index contributed by atoms with van der Waals surface area (Å²) in [6.07, 6.45) is 0. The Morgan fingerprint density at radius 1 is 1.00 bits per heavy atom. The van der Waals surface area contributed by atoms with Crippen LogP contribution in [0.2, 0.25) is 0 Å². The average molecular weight is 377 g/mol. The molecule has 0 saturated carbocycles. The first kappa shape index (κ1) is 16.5. The summed E-state index contributed by atoms with van der Waals surface area (Å²) >= 11 is 3.26. The van der Waals surface area contributed by atoms with Gasteiger partial charge in [0.2, 0.25) is 0 Å². The van der Waals surface area contributed by atoms with Crippen molar-refractivity contribution >= 4 is 21.6 Å². The van der Waals surface area contributed by atoms with E-state index in [1.165, 1.54) is 22.9 Å². The number of halogens is 2. The van der Waals surface area contributed by atoms with Crippen LogP contribution in [-0.2, 0) is 6.54 Å². The second kappa shape index (κ2) is 7.02. The number of nitrogens with zero attached hydrogens (tertiary/aromatic N) is 2. The van der Waals surface area contributed by atoms with Crippen molar-refractivity contribution < 1.29 is 4.39 Å². The zero-order chi connectivity index (χ0) is 16.4. The summed E-state index contributed by atoms with van der Waals surface area (Å²) in [4.78, 5) is 4.90. The van der Waals surface area contributed by atoms with Crippen LogP contribution in [0, 0.1) is 19.7 Å². The lowest BCUT2D eigenvalue weighted by Crippen LogP contribution is -2.46. The Morgan fingerprint density at radius 2 is 1.74 bits per heavy atom. The van der Waals surface area contributed by atoms with Gasteiger partial charge in [0.25, 0.3) is 0 Å². The highest BCUT2D eigenvalue weighted by Gasteiger charge is 2.18. The van der Waals surface area contributed by atoms with Crippen molar-refractivity contribution in [3.05, 3.63) is 63.4 Å². The molecule has 0 N–H and O–H groups in total. The predicted octanol–water partition coefficient (Wildman–Crippen LogP) is 4.53. The van der Waals surface area contributed by atoms with Gasteiger partial charge >= 0.3 is 0 Å². The molecule has 0 atom stereocenters. The molecule has 1 fully saturated rings. The molecule has 1 saturated heterocycles. The van der Waals surface area contributed by atoms with E-state index in [-0.39, 0.29) is 5.82 Å². The summed E-state index contributed by atoms with van der Waals surface area (Å²) in [7, 11) is 0. The van der Waals surface area contributed by atoms with E-state index in [4.69, 9.17) is 0 Å². The van der Waals surface area contributed by atoms with Gasteiger partial charge in [-0.25, -0.2) is 4.39 Å². The number of hydrogen-bond acceptors (Lipinski definition) is 2. The lowest BCUT2D eigenvalue weighted by molar-refractivity contribution is 0.249. The number of rotatable bonds is 3. The van der Waals surface area contributed by atoms with E-state index >= 15 is 0 Å². The SMILES string of the molecule is Cc1ccc(C)c(N2CCN(Cc3ccc(F)c(Br)c3)CC2)c1. The summed E-state index contributed by atoms with van der Waals surface area (Å²) in [5.74, 6) is -0.200. The number of anilines is 1. The summed E-state index contributed by atoms with van der Waals surface area (Å²) in [5, 5.41) is 0. The molecule has 2 nitrogen and oxygen atoms in total. The normalized spacial score (nSPS) is 15.9. The minimum Gasteiger partial charge on any atom is -0.369 e. The first-order chi connectivity index (χ1) is 11.0. The molecule has 4 heteroatoms. The lowest BCUT2D eigenvalue weighted by atomic mass is 10.1. The fourth-order valence-corrected chi connectivity index (χ4v) is 3.53. The van der Waals surface area contributed by atoms with Crippen molar-refractivity contribution in [2.75, 3.05) is 31.1 Å². The molecule has 0 bridgehead atoms. The molecule has 0 radical (unpaired) electrons. The third-order valence-electron chi connectivity index (χ3n) is 4.47. The Bertz CT molecular complexity index is 694. The zero-order valence-corrected chi connectivity index (χ0v) is 15.2. The highest BCUT2D eigenvalue weighted by molar-refractivity contribution is 9.10. The van der Waals surface area contributed by atoms with Crippen LogP contribution in [0.25, 0.3) is 0 Å². The zero-order valence-electron chi connectivity index (χ0n) is 13.6. The molecule has 0 aromatic heterocycles. The molecule has 122 valence electrons. The van der Waals surface area contributed by atoms with E-state index in [0.717, 1.165) is 38.3 Å². The van der Waals surface area contributed by atoms with E-state index in [9.17, 15) is 4.39 Å². The first-order valence-corrected chi connectivity index (χ1v) is 8.81. The fourth-order valence-electron chi connectivity index (χ4n) is 3.10. The van der Waals surface area contributed by atoms with Crippen LogP contribution in [0.4, 0.5) is 10.1 Å². The van der Waals surface area contributed by atoms with Crippen LogP contribution < -0.4 is 4.90 Å². The summed E-state index contributed by atoms with van der Waals surface area (Å²) in [6.45, 7) is 9.33. The molecule has 1 aliphatic rings. The maximum Gasteiger partial charge on any atom is 0.137 e. The van der Waals surface area contributed by atoms with E-state index < -0.39 is 0 Å². The van der Waals surface area contributed by atoms with Crippen molar-refractivity contribution in [2.24, 2.45) is 0 Å². The maximum atomic E-state index is 13.3. The molecule has 2 aromatic carbocycles. The molecular weight excluding hydrogens is 355 g/mol.